The first-order chi connectivity index (χ1) is 12.9. The fraction of sp³-hybridized carbons (Fsp3) is 0.368. The molecule has 1 aromatic carbocycles. The van der Waals surface area contributed by atoms with Crippen molar-refractivity contribution in [3.8, 4) is 11.5 Å². The van der Waals surface area contributed by atoms with Gasteiger partial charge in [0.15, 0.2) is 17.3 Å². The molecule has 2 N–H and O–H groups in total. The maximum atomic E-state index is 14.2. The van der Waals surface area contributed by atoms with Crippen molar-refractivity contribution >= 4 is 17.4 Å². The Kier molecular flexibility index (Phi) is 4.43. The van der Waals surface area contributed by atoms with E-state index < -0.39 is 28.9 Å². The molecule has 0 atom stereocenters. The first kappa shape index (κ1) is 17.7. The van der Waals surface area contributed by atoms with Gasteiger partial charge in [0, 0.05) is 19.2 Å². The molecule has 0 unspecified atom stereocenters. The van der Waals surface area contributed by atoms with E-state index in [-0.39, 0.29) is 17.9 Å². The first-order valence-corrected chi connectivity index (χ1v) is 8.82. The van der Waals surface area contributed by atoms with Crippen molar-refractivity contribution in [3.63, 3.8) is 0 Å². The molecule has 2 aliphatic rings. The summed E-state index contributed by atoms with van der Waals surface area (Å²) in [6.45, 7) is 0. The smallest absolute Gasteiger partial charge is 0.265 e. The van der Waals surface area contributed by atoms with Gasteiger partial charge in [-0.15, -0.1) is 0 Å². The highest BCUT2D eigenvalue weighted by atomic mass is 19.1. The predicted molar refractivity (Wildman–Crippen MR) is 95.3 cm³/mol. The van der Waals surface area contributed by atoms with Gasteiger partial charge in [-0.05, 0) is 37.8 Å². The number of benzene rings is 1. The lowest BCUT2D eigenvalue weighted by molar-refractivity contribution is 0.0988. The third-order valence-corrected chi connectivity index (χ3v) is 5.05. The average Bonchev–Trinajstić information content (AvgIpc) is 2.76. The third kappa shape index (κ3) is 3.21. The molecular weight excluding hydrogens is 356 g/mol. The molecule has 6 nitrogen and oxygen atoms in total. The minimum absolute atomic E-state index is 0.158. The predicted octanol–water partition coefficient (Wildman–Crippen LogP) is 3.46. The van der Waals surface area contributed by atoms with E-state index in [1.54, 1.807) is 6.07 Å². The van der Waals surface area contributed by atoms with Crippen molar-refractivity contribution in [1.29, 1.82) is 0 Å². The second-order valence-electron chi connectivity index (χ2n) is 6.89. The average molecular weight is 375 g/mol. The number of rotatable bonds is 2. The van der Waals surface area contributed by atoms with Crippen molar-refractivity contribution in [3.05, 3.63) is 41.6 Å². The van der Waals surface area contributed by atoms with Gasteiger partial charge in [-0.3, -0.25) is 4.79 Å². The maximum absolute atomic E-state index is 14.2. The highest BCUT2D eigenvalue weighted by Crippen LogP contribution is 2.41. The molecule has 2 heterocycles. The topological polar surface area (TPSA) is 74.7 Å². The fourth-order valence-electron chi connectivity index (χ4n) is 3.49. The Hall–Kier alpha value is -2.74. The number of nitrogens with zero attached hydrogens (tertiary/aromatic N) is 2. The molecule has 1 saturated carbocycles. The number of aromatic nitrogens is 1. The molecule has 0 bridgehead atoms. The monoisotopic (exact) mass is 375 g/mol. The van der Waals surface area contributed by atoms with Gasteiger partial charge in [0.1, 0.15) is 22.9 Å². The van der Waals surface area contributed by atoms with Crippen LogP contribution in [0.5, 0.6) is 11.5 Å². The number of anilines is 2. The number of hydrogen-bond donors (Lipinski definition) is 2. The summed E-state index contributed by atoms with van der Waals surface area (Å²) in [5.41, 5.74) is -0.121. The quantitative estimate of drug-likeness (QED) is 0.841. The molecule has 0 spiro atoms. The second-order valence-corrected chi connectivity index (χ2v) is 6.89. The molecule has 142 valence electrons. The molecule has 8 heteroatoms. The normalized spacial score (nSPS) is 21.8. The van der Waals surface area contributed by atoms with Crippen LogP contribution in [0.1, 0.15) is 36.0 Å². The molecule has 1 fully saturated rings. The summed E-state index contributed by atoms with van der Waals surface area (Å²) >= 11 is 0. The van der Waals surface area contributed by atoms with Crippen LogP contribution in [0.2, 0.25) is 0 Å². The van der Waals surface area contributed by atoms with E-state index in [1.165, 1.54) is 18.1 Å². The number of aliphatic hydroxyl groups excluding tert-OH is 1. The Balaban J connectivity index is 1.68. The Morgan fingerprint density at radius 2 is 1.93 bits per heavy atom. The minimum Gasteiger partial charge on any atom is -0.451 e. The lowest BCUT2D eigenvalue weighted by Gasteiger charge is -2.27. The lowest BCUT2D eigenvalue weighted by atomic mass is 9.93. The van der Waals surface area contributed by atoms with Crippen LogP contribution in [0.4, 0.5) is 20.3 Å². The van der Waals surface area contributed by atoms with Gasteiger partial charge in [0.2, 0.25) is 0 Å². The van der Waals surface area contributed by atoms with E-state index in [9.17, 15) is 18.7 Å². The van der Waals surface area contributed by atoms with E-state index in [2.05, 4.69) is 10.3 Å². The van der Waals surface area contributed by atoms with Gasteiger partial charge in [-0.2, -0.15) is 0 Å². The van der Waals surface area contributed by atoms with Crippen LogP contribution in [-0.4, -0.2) is 35.2 Å². The highest BCUT2D eigenvalue weighted by molar-refractivity contribution is 6.09. The zero-order valence-electron chi connectivity index (χ0n) is 14.7. The number of carbonyl (C=O) groups excluding carboxylic acids is 1. The summed E-state index contributed by atoms with van der Waals surface area (Å²) in [5.74, 6) is -2.07. The third-order valence-electron chi connectivity index (χ3n) is 5.05. The number of pyridine rings is 1. The minimum atomic E-state index is -0.844. The molecule has 1 aliphatic carbocycles. The number of hydrogen-bond acceptors (Lipinski definition) is 5. The summed E-state index contributed by atoms with van der Waals surface area (Å²) in [4.78, 5) is 18.1. The number of amides is 1. The van der Waals surface area contributed by atoms with E-state index in [4.69, 9.17) is 4.74 Å². The standard InChI is InChI=1S/C19H19F2N3O3/c1-24-14-9-22-16(23-10-2-4-11(25)5-3-10)8-15(14)27-18-13(21)7-6-12(20)17(18)19(24)26/h6-11,25H,2-5H2,1H3,(H,22,23). The van der Waals surface area contributed by atoms with Crippen LogP contribution in [0.25, 0.3) is 0 Å². The first-order valence-electron chi connectivity index (χ1n) is 8.82. The van der Waals surface area contributed by atoms with E-state index in [0.29, 0.717) is 24.3 Å². The van der Waals surface area contributed by atoms with Gasteiger partial charge in [0.25, 0.3) is 5.91 Å². The molecule has 0 saturated heterocycles. The van der Waals surface area contributed by atoms with Crippen LogP contribution in [-0.2, 0) is 0 Å². The van der Waals surface area contributed by atoms with Crippen LogP contribution in [0, 0.1) is 11.6 Å². The summed E-state index contributed by atoms with van der Waals surface area (Å²) in [6.07, 6.45) is 4.22. The number of nitrogens with one attached hydrogen (secondary N) is 1. The van der Waals surface area contributed by atoms with Crippen LogP contribution in [0.3, 0.4) is 0 Å². The van der Waals surface area contributed by atoms with Crippen LogP contribution in [0.15, 0.2) is 24.4 Å². The molecule has 4 rings (SSSR count). The van der Waals surface area contributed by atoms with Crippen molar-refractivity contribution in [2.45, 2.75) is 37.8 Å². The van der Waals surface area contributed by atoms with Gasteiger partial charge in [-0.25, -0.2) is 13.8 Å². The number of ether oxygens (including phenoxy) is 1. The summed E-state index contributed by atoms with van der Waals surface area (Å²) in [7, 11) is 1.46. The molecule has 1 aromatic heterocycles. The van der Waals surface area contributed by atoms with Crippen molar-refractivity contribution in [2.75, 3.05) is 17.3 Å². The van der Waals surface area contributed by atoms with E-state index >= 15 is 0 Å². The summed E-state index contributed by atoms with van der Waals surface area (Å²) < 4.78 is 34.0. The van der Waals surface area contributed by atoms with E-state index in [1.807, 2.05) is 0 Å². The Bertz CT molecular complexity index is 898. The zero-order chi connectivity index (χ0) is 19.1. The molecular formula is C19H19F2N3O3. The number of aliphatic hydroxyl groups is 1. The van der Waals surface area contributed by atoms with Crippen molar-refractivity contribution < 1.29 is 23.4 Å². The Labute approximate surface area is 154 Å². The summed E-state index contributed by atoms with van der Waals surface area (Å²) in [5, 5.41) is 12.9. The zero-order valence-corrected chi connectivity index (χ0v) is 14.7. The number of fused-ring (bicyclic) bond motifs is 2. The Morgan fingerprint density at radius 1 is 1.22 bits per heavy atom. The Morgan fingerprint density at radius 3 is 2.67 bits per heavy atom. The van der Waals surface area contributed by atoms with Gasteiger partial charge in [-0.1, -0.05) is 0 Å². The number of carbonyl (C=O) groups is 1. The SMILES string of the molecule is CN1C(=O)c2c(F)ccc(F)c2Oc2cc(NC3CCC(O)CC3)ncc21. The van der Waals surface area contributed by atoms with Gasteiger partial charge < -0.3 is 20.1 Å². The molecule has 2 aromatic rings. The van der Waals surface area contributed by atoms with Crippen molar-refractivity contribution in [2.24, 2.45) is 0 Å². The van der Waals surface area contributed by atoms with Crippen LogP contribution >= 0.6 is 0 Å². The van der Waals surface area contributed by atoms with Crippen molar-refractivity contribution in [1.82, 2.24) is 4.98 Å². The van der Waals surface area contributed by atoms with Crippen LogP contribution < -0.4 is 15.0 Å². The largest absolute Gasteiger partial charge is 0.451 e. The number of halogens is 2. The lowest BCUT2D eigenvalue weighted by Crippen LogP contribution is -2.29. The summed E-state index contributed by atoms with van der Waals surface area (Å²) in [6, 6.07) is 3.57. The maximum Gasteiger partial charge on any atom is 0.265 e. The van der Waals surface area contributed by atoms with Gasteiger partial charge >= 0.3 is 0 Å². The molecule has 1 aliphatic heterocycles. The molecule has 1 amide bonds. The van der Waals surface area contributed by atoms with Gasteiger partial charge in [0.05, 0.1) is 12.3 Å². The second kappa shape index (κ2) is 6.77. The van der Waals surface area contributed by atoms with E-state index in [0.717, 1.165) is 25.0 Å². The molecule has 0 radical (unpaired) electrons. The fourth-order valence-corrected chi connectivity index (χ4v) is 3.49. The highest BCUT2D eigenvalue weighted by Gasteiger charge is 2.31. The molecule has 27 heavy (non-hydrogen) atoms.